The van der Waals surface area contributed by atoms with E-state index in [0.29, 0.717) is 28.4 Å². The molecule has 0 spiro atoms. The molecule has 0 amide bonds. The van der Waals surface area contributed by atoms with E-state index in [1.54, 1.807) is 37.3 Å². The van der Waals surface area contributed by atoms with Crippen LogP contribution in [0.15, 0.2) is 78.5 Å². The van der Waals surface area contributed by atoms with Crippen LogP contribution < -0.4 is 9.47 Å². The van der Waals surface area contributed by atoms with Crippen molar-refractivity contribution in [2.24, 2.45) is 0 Å². The monoisotopic (exact) mass is 505 g/mol. The van der Waals surface area contributed by atoms with Crippen molar-refractivity contribution in [2.45, 2.75) is 57.1 Å². The van der Waals surface area contributed by atoms with Crippen molar-refractivity contribution in [3.05, 3.63) is 90.8 Å². The fourth-order valence-corrected chi connectivity index (χ4v) is 4.47. The highest BCUT2D eigenvalue weighted by atomic mass is 32.2. The van der Waals surface area contributed by atoms with E-state index in [9.17, 15) is 13.2 Å². The molecule has 2 heterocycles. The summed E-state index contributed by atoms with van der Waals surface area (Å²) >= 11 is 1.43. The third kappa shape index (κ3) is 8.51. The highest BCUT2D eigenvalue weighted by Crippen LogP contribution is 2.47. The van der Waals surface area contributed by atoms with Crippen molar-refractivity contribution in [3.63, 3.8) is 0 Å². The molecule has 1 fully saturated rings. The van der Waals surface area contributed by atoms with E-state index in [0.717, 1.165) is 25.9 Å². The Morgan fingerprint density at radius 3 is 2.23 bits per heavy atom. The van der Waals surface area contributed by atoms with Crippen LogP contribution in [0, 0.1) is 11.6 Å². The van der Waals surface area contributed by atoms with Crippen LogP contribution in [-0.2, 0) is 5.79 Å². The molecule has 2 aliphatic heterocycles. The van der Waals surface area contributed by atoms with Gasteiger partial charge in [0.25, 0.3) is 5.79 Å². The molecule has 1 atom stereocenters. The van der Waals surface area contributed by atoms with Crippen LogP contribution in [0.3, 0.4) is 0 Å². The average molecular weight is 506 g/mol. The van der Waals surface area contributed by atoms with Crippen LogP contribution >= 0.6 is 11.9 Å². The first-order valence-corrected chi connectivity index (χ1v) is 12.6. The van der Waals surface area contributed by atoms with E-state index in [2.05, 4.69) is 17.5 Å². The van der Waals surface area contributed by atoms with Crippen LogP contribution in [0.4, 0.5) is 13.2 Å². The molecule has 0 radical (unpaired) electrons. The number of rotatable bonds is 6. The number of ether oxygens (including phenoxy) is 2. The quantitative estimate of drug-likeness (QED) is 0.222. The third-order valence-corrected chi connectivity index (χ3v) is 6.25. The molecule has 1 unspecified atom stereocenters. The van der Waals surface area contributed by atoms with Gasteiger partial charge in [0, 0.05) is 37.7 Å². The summed E-state index contributed by atoms with van der Waals surface area (Å²) < 4.78 is 53.3. The summed E-state index contributed by atoms with van der Waals surface area (Å²) in [6.45, 7) is 14.2. The molecule has 0 saturated carbocycles. The lowest BCUT2D eigenvalue weighted by atomic mass is 10.1. The number of halogens is 3. The number of nitrogens with zero attached hydrogens (tertiary/aromatic N) is 1. The van der Waals surface area contributed by atoms with Gasteiger partial charge in [0.15, 0.2) is 11.5 Å². The molecule has 0 aromatic heterocycles. The Morgan fingerprint density at radius 1 is 1.06 bits per heavy atom. The van der Waals surface area contributed by atoms with Gasteiger partial charge in [-0.1, -0.05) is 39.0 Å². The van der Waals surface area contributed by atoms with Crippen LogP contribution in [0.2, 0.25) is 0 Å². The number of piperidine rings is 1. The van der Waals surface area contributed by atoms with Gasteiger partial charge < -0.3 is 9.47 Å². The van der Waals surface area contributed by atoms with E-state index in [1.165, 1.54) is 42.6 Å². The molecule has 7 heteroatoms. The summed E-state index contributed by atoms with van der Waals surface area (Å²) in [6.07, 6.45) is 8.89. The predicted octanol–water partition coefficient (Wildman–Crippen LogP) is 8.73. The highest BCUT2D eigenvalue weighted by Gasteiger charge is 2.39. The molecular formula is C28H34F3NO2S. The number of fused-ring (bicyclic) bond motifs is 1. The average Bonchev–Trinajstić information content (AvgIpc) is 3.18. The lowest BCUT2D eigenvalue weighted by molar-refractivity contribution is -0.0681. The molecule has 0 bridgehead atoms. The van der Waals surface area contributed by atoms with E-state index in [1.807, 2.05) is 13.8 Å². The molecule has 2 aliphatic rings. The van der Waals surface area contributed by atoms with E-state index < -0.39 is 11.6 Å². The van der Waals surface area contributed by atoms with Crippen LogP contribution in [0.5, 0.6) is 11.5 Å². The fourth-order valence-electron chi connectivity index (χ4n) is 3.44. The van der Waals surface area contributed by atoms with Gasteiger partial charge in [-0.25, -0.2) is 17.5 Å². The summed E-state index contributed by atoms with van der Waals surface area (Å²) in [5, 5.41) is 0. The van der Waals surface area contributed by atoms with Crippen molar-refractivity contribution in [1.82, 2.24) is 4.31 Å². The first kappa shape index (κ1) is 28.6. The third-order valence-electron chi connectivity index (χ3n) is 5.12. The molecule has 2 aromatic carbocycles. The SMILES string of the molecule is C=CCC=CC(=C)F.CC.CC1(c2ccc(F)cc2)Oc2cc(F)c(SN3CCCCC3)cc2O1. The van der Waals surface area contributed by atoms with Crippen molar-refractivity contribution in [2.75, 3.05) is 13.1 Å². The second-order valence-corrected chi connectivity index (χ2v) is 8.98. The van der Waals surface area contributed by atoms with Crippen molar-refractivity contribution >= 4 is 11.9 Å². The van der Waals surface area contributed by atoms with E-state index >= 15 is 0 Å². The number of hydrogen-bond acceptors (Lipinski definition) is 4. The first-order valence-electron chi connectivity index (χ1n) is 11.8. The molecule has 35 heavy (non-hydrogen) atoms. The zero-order valence-corrected chi connectivity index (χ0v) is 21.5. The molecule has 3 nitrogen and oxygen atoms in total. The van der Waals surface area contributed by atoms with Crippen LogP contribution in [0.25, 0.3) is 0 Å². The number of allylic oxidation sites excluding steroid dienone is 4. The highest BCUT2D eigenvalue weighted by molar-refractivity contribution is 7.97. The van der Waals surface area contributed by atoms with Gasteiger partial charge in [-0.2, -0.15) is 0 Å². The van der Waals surface area contributed by atoms with Crippen molar-refractivity contribution in [1.29, 1.82) is 0 Å². The Balaban J connectivity index is 0.000000371. The summed E-state index contributed by atoms with van der Waals surface area (Å²) in [6, 6.07) is 9.00. The van der Waals surface area contributed by atoms with Gasteiger partial charge in [-0.3, -0.25) is 0 Å². The minimum absolute atomic E-state index is 0.318. The summed E-state index contributed by atoms with van der Waals surface area (Å²) in [5.41, 5.74) is 0.677. The Morgan fingerprint density at radius 2 is 1.66 bits per heavy atom. The summed E-state index contributed by atoms with van der Waals surface area (Å²) in [7, 11) is 0. The molecular weight excluding hydrogens is 471 g/mol. The standard InChI is InChI=1S/C19H19F2NO2S.C7H9F.C2H6/c1-19(13-5-7-14(20)8-6-13)23-16-11-15(21)18(12-17(16)24-19)25-22-9-3-2-4-10-22;1-3-4-5-6-7(2)8;1-2/h5-8,11-12H,2-4,9-10H2,1H3;3,5-6H,1-2,4H2;1-2H3. The molecule has 2 aromatic rings. The lowest BCUT2D eigenvalue weighted by Gasteiger charge is -2.25. The zero-order chi connectivity index (χ0) is 25.8. The zero-order valence-electron chi connectivity index (χ0n) is 20.7. The topological polar surface area (TPSA) is 21.7 Å². The Bertz CT molecular complexity index is 1000. The smallest absolute Gasteiger partial charge is 0.275 e. The molecule has 0 N–H and O–H groups in total. The summed E-state index contributed by atoms with van der Waals surface area (Å²) in [4.78, 5) is 0.535. The van der Waals surface area contributed by atoms with Gasteiger partial charge in [0.1, 0.15) is 17.5 Å². The second-order valence-electron chi connectivity index (χ2n) is 7.84. The molecule has 1 saturated heterocycles. The Kier molecular flexibility index (Phi) is 11.5. The predicted molar refractivity (Wildman–Crippen MR) is 138 cm³/mol. The molecule has 0 aliphatic carbocycles. The Labute approximate surface area is 211 Å². The lowest BCUT2D eigenvalue weighted by Crippen LogP contribution is -2.31. The largest absolute Gasteiger partial charge is 0.444 e. The van der Waals surface area contributed by atoms with E-state index in [4.69, 9.17) is 9.47 Å². The molecule has 4 rings (SSSR count). The fraction of sp³-hybridized carbons (Fsp3) is 0.357. The van der Waals surface area contributed by atoms with Crippen LogP contribution in [0.1, 0.15) is 52.0 Å². The maximum Gasteiger partial charge on any atom is 0.275 e. The van der Waals surface area contributed by atoms with Gasteiger partial charge >= 0.3 is 0 Å². The maximum absolute atomic E-state index is 14.5. The number of hydrogen-bond donors (Lipinski definition) is 0. The first-order chi connectivity index (χ1) is 16.8. The minimum Gasteiger partial charge on any atom is -0.444 e. The van der Waals surface area contributed by atoms with Gasteiger partial charge in [0.05, 0.1) is 4.90 Å². The van der Waals surface area contributed by atoms with Gasteiger partial charge in [-0.15, -0.1) is 6.58 Å². The van der Waals surface area contributed by atoms with Gasteiger partial charge in [0.2, 0.25) is 0 Å². The van der Waals surface area contributed by atoms with Crippen LogP contribution in [-0.4, -0.2) is 17.4 Å². The molecule has 190 valence electrons. The Hall–Kier alpha value is -2.64. The number of benzene rings is 2. The van der Waals surface area contributed by atoms with Crippen molar-refractivity contribution in [3.8, 4) is 11.5 Å². The summed E-state index contributed by atoms with van der Waals surface area (Å²) in [5.74, 6) is -1.26. The van der Waals surface area contributed by atoms with E-state index in [-0.39, 0.29) is 11.6 Å². The normalized spacial score (nSPS) is 18.8. The van der Waals surface area contributed by atoms with Gasteiger partial charge in [-0.05, 0) is 61.6 Å². The minimum atomic E-state index is -1.09. The maximum atomic E-state index is 14.5. The van der Waals surface area contributed by atoms with Crippen molar-refractivity contribution < 1.29 is 22.6 Å². The second kappa shape index (κ2) is 14.0.